The molecule has 1 N–H and O–H groups in total. The van der Waals surface area contributed by atoms with Crippen LogP contribution in [0.5, 0.6) is 17.2 Å². The number of amides is 1. The third kappa shape index (κ3) is 5.03. The van der Waals surface area contributed by atoms with Crippen LogP contribution in [-0.4, -0.2) is 35.1 Å². The molecule has 4 aromatic rings. The Hall–Kier alpha value is -4.27. The summed E-state index contributed by atoms with van der Waals surface area (Å²) in [7, 11) is 3.16. The van der Waals surface area contributed by atoms with Crippen molar-refractivity contribution in [3.8, 4) is 22.9 Å². The Morgan fingerprint density at radius 3 is 2.50 bits per heavy atom. The molecule has 0 spiro atoms. The van der Waals surface area contributed by atoms with Crippen LogP contribution in [0.3, 0.4) is 0 Å². The smallest absolute Gasteiger partial charge is 0.251 e. The number of hydrogen-bond acceptors (Lipinski definition) is 7. The van der Waals surface area contributed by atoms with Crippen molar-refractivity contribution in [2.45, 2.75) is 27.0 Å². The van der Waals surface area contributed by atoms with Gasteiger partial charge in [-0.2, -0.15) is 5.10 Å². The summed E-state index contributed by atoms with van der Waals surface area (Å²) in [5.74, 6) is 2.23. The highest BCUT2D eigenvalue weighted by molar-refractivity contribution is 5.94. The van der Waals surface area contributed by atoms with Gasteiger partial charge in [0.25, 0.3) is 5.91 Å². The van der Waals surface area contributed by atoms with Gasteiger partial charge in [-0.05, 0) is 62.4 Å². The lowest BCUT2D eigenvalue weighted by atomic mass is 10.2. The number of nitrogens with one attached hydrogen (secondary N) is 1. The van der Waals surface area contributed by atoms with E-state index in [1.54, 1.807) is 30.0 Å². The van der Waals surface area contributed by atoms with E-state index in [0.29, 0.717) is 29.4 Å². The summed E-state index contributed by atoms with van der Waals surface area (Å²) in [5.41, 5.74) is 3.75. The number of benzene rings is 2. The van der Waals surface area contributed by atoms with Gasteiger partial charge in [0.1, 0.15) is 18.1 Å². The second kappa shape index (κ2) is 10.1. The zero-order valence-corrected chi connectivity index (χ0v) is 19.5. The van der Waals surface area contributed by atoms with Crippen LogP contribution in [-0.2, 0) is 13.2 Å². The van der Waals surface area contributed by atoms with Crippen molar-refractivity contribution in [3.05, 3.63) is 83.0 Å². The number of nitrogens with zero attached hydrogens (tertiary/aromatic N) is 3. The van der Waals surface area contributed by atoms with Gasteiger partial charge in [0.05, 0.1) is 43.4 Å². The standard InChI is InChI=1S/C25H26N4O5/c1-16-22(17(2)34-28-16)15-33-23-10-5-18(13-24(23)32-4)25(30)26-14-19-11-12-29(27-19)20-6-8-21(31-3)9-7-20/h5-13H,14-15H2,1-4H3,(H,26,30). The molecule has 0 radical (unpaired) electrons. The highest BCUT2D eigenvalue weighted by Crippen LogP contribution is 2.29. The molecule has 0 atom stereocenters. The van der Waals surface area contributed by atoms with E-state index >= 15 is 0 Å². The molecule has 0 aliphatic heterocycles. The van der Waals surface area contributed by atoms with Crippen LogP contribution >= 0.6 is 0 Å². The zero-order chi connectivity index (χ0) is 24.1. The first kappa shape index (κ1) is 22.9. The SMILES string of the molecule is COc1ccc(-n2ccc(CNC(=O)c3ccc(OCc4c(C)noc4C)c(OC)c3)n2)cc1. The lowest BCUT2D eigenvalue weighted by molar-refractivity contribution is 0.0950. The van der Waals surface area contributed by atoms with Crippen LogP contribution in [0.1, 0.15) is 33.1 Å². The molecule has 9 heteroatoms. The maximum absolute atomic E-state index is 12.7. The summed E-state index contributed by atoms with van der Waals surface area (Å²) in [6.45, 7) is 4.28. The second-order valence-electron chi connectivity index (χ2n) is 7.59. The largest absolute Gasteiger partial charge is 0.497 e. The predicted octanol–water partition coefficient (Wildman–Crippen LogP) is 4.00. The first-order chi connectivity index (χ1) is 16.5. The van der Waals surface area contributed by atoms with Gasteiger partial charge in [-0.3, -0.25) is 4.79 Å². The van der Waals surface area contributed by atoms with Gasteiger partial charge >= 0.3 is 0 Å². The molecular formula is C25H26N4O5. The molecule has 0 saturated heterocycles. The van der Waals surface area contributed by atoms with Crippen molar-refractivity contribution in [1.29, 1.82) is 0 Å². The Labute approximate surface area is 197 Å². The number of rotatable bonds is 9. The van der Waals surface area contributed by atoms with Crippen LogP contribution in [0, 0.1) is 13.8 Å². The molecule has 0 unspecified atom stereocenters. The first-order valence-electron chi connectivity index (χ1n) is 10.7. The minimum Gasteiger partial charge on any atom is -0.497 e. The summed E-state index contributed by atoms with van der Waals surface area (Å²) in [6.07, 6.45) is 1.84. The molecule has 0 saturated carbocycles. The molecule has 2 heterocycles. The third-order valence-corrected chi connectivity index (χ3v) is 5.39. The molecule has 34 heavy (non-hydrogen) atoms. The number of carbonyl (C=O) groups is 1. The van der Waals surface area contributed by atoms with Crippen molar-refractivity contribution in [3.63, 3.8) is 0 Å². The average Bonchev–Trinajstić information content (AvgIpc) is 3.47. The van der Waals surface area contributed by atoms with Crippen molar-refractivity contribution < 1.29 is 23.5 Å². The molecule has 2 aromatic carbocycles. The molecule has 1 amide bonds. The maximum atomic E-state index is 12.7. The summed E-state index contributed by atoms with van der Waals surface area (Å²) in [4.78, 5) is 12.7. The van der Waals surface area contributed by atoms with E-state index in [1.807, 2.05) is 50.4 Å². The third-order valence-electron chi connectivity index (χ3n) is 5.39. The molecule has 0 fully saturated rings. The van der Waals surface area contributed by atoms with E-state index in [1.165, 1.54) is 7.11 Å². The normalized spacial score (nSPS) is 10.7. The summed E-state index contributed by atoms with van der Waals surface area (Å²) >= 11 is 0. The van der Waals surface area contributed by atoms with Crippen LogP contribution in [0.4, 0.5) is 0 Å². The van der Waals surface area contributed by atoms with Gasteiger partial charge in [-0.1, -0.05) is 5.16 Å². The van der Waals surface area contributed by atoms with Gasteiger partial charge in [-0.25, -0.2) is 4.68 Å². The lowest BCUT2D eigenvalue weighted by Gasteiger charge is -2.12. The van der Waals surface area contributed by atoms with Crippen molar-refractivity contribution in [2.24, 2.45) is 0 Å². The van der Waals surface area contributed by atoms with E-state index in [-0.39, 0.29) is 12.5 Å². The van der Waals surface area contributed by atoms with Gasteiger partial charge in [-0.15, -0.1) is 0 Å². The monoisotopic (exact) mass is 462 g/mol. The zero-order valence-electron chi connectivity index (χ0n) is 19.5. The fourth-order valence-electron chi connectivity index (χ4n) is 3.39. The minimum absolute atomic E-state index is 0.241. The predicted molar refractivity (Wildman–Crippen MR) is 125 cm³/mol. The molecule has 9 nitrogen and oxygen atoms in total. The summed E-state index contributed by atoms with van der Waals surface area (Å²) in [6, 6.07) is 14.5. The number of aromatic nitrogens is 3. The Balaban J connectivity index is 1.38. The summed E-state index contributed by atoms with van der Waals surface area (Å²) in [5, 5.41) is 11.3. The van der Waals surface area contributed by atoms with E-state index < -0.39 is 0 Å². The molecular weight excluding hydrogens is 436 g/mol. The van der Waals surface area contributed by atoms with Crippen molar-refractivity contribution >= 4 is 5.91 Å². The van der Waals surface area contributed by atoms with E-state index in [9.17, 15) is 4.79 Å². The van der Waals surface area contributed by atoms with Gasteiger partial charge in [0.15, 0.2) is 11.5 Å². The minimum atomic E-state index is -0.241. The van der Waals surface area contributed by atoms with Crippen LogP contribution in [0.2, 0.25) is 0 Å². The Morgan fingerprint density at radius 2 is 1.82 bits per heavy atom. The molecule has 0 bridgehead atoms. The number of ether oxygens (including phenoxy) is 3. The first-order valence-corrected chi connectivity index (χ1v) is 10.7. The maximum Gasteiger partial charge on any atom is 0.251 e. The quantitative estimate of drug-likeness (QED) is 0.401. The van der Waals surface area contributed by atoms with Crippen LogP contribution in [0.25, 0.3) is 5.69 Å². The molecule has 0 aliphatic carbocycles. The van der Waals surface area contributed by atoms with Gasteiger partial charge < -0.3 is 24.1 Å². The average molecular weight is 463 g/mol. The fraction of sp³-hybridized carbons (Fsp3) is 0.240. The molecule has 4 rings (SSSR count). The van der Waals surface area contributed by atoms with Crippen LogP contribution in [0.15, 0.2) is 59.3 Å². The molecule has 176 valence electrons. The molecule has 0 aliphatic rings. The Morgan fingerprint density at radius 1 is 1.03 bits per heavy atom. The number of methoxy groups -OCH3 is 2. The topological polar surface area (TPSA) is 101 Å². The molecule has 2 aromatic heterocycles. The van der Waals surface area contributed by atoms with Gasteiger partial charge in [0, 0.05) is 11.8 Å². The lowest BCUT2D eigenvalue weighted by Crippen LogP contribution is -2.23. The van der Waals surface area contributed by atoms with E-state index in [4.69, 9.17) is 18.7 Å². The van der Waals surface area contributed by atoms with E-state index in [2.05, 4.69) is 15.6 Å². The second-order valence-corrected chi connectivity index (χ2v) is 7.59. The number of aryl methyl sites for hydroxylation is 2. The summed E-state index contributed by atoms with van der Waals surface area (Å²) < 4.78 is 23.4. The van der Waals surface area contributed by atoms with Crippen LogP contribution < -0.4 is 19.5 Å². The Kier molecular flexibility index (Phi) is 6.82. The fourth-order valence-corrected chi connectivity index (χ4v) is 3.39. The Bertz CT molecular complexity index is 1260. The van der Waals surface area contributed by atoms with Crippen molar-refractivity contribution in [1.82, 2.24) is 20.3 Å². The van der Waals surface area contributed by atoms with Crippen molar-refractivity contribution in [2.75, 3.05) is 14.2 Å². The highest BCUT2D eigenvalue weighted by atomic mass is 16.5. The highest BCUT2D eigenvalue weighted by Gasteiger charge is 2.14. The number of carbonyl (C=O) groups excluding carboxylic acids is 1. The number of hydrogen-bond donors (Lipinski definition) is 1. The van der Waals surface area contributed by atoms with E-state index in [0.717, 1.165) is 28.4 Å². The van der Waals surface area contributed by atoms with Gasteiger partial charge in [0.2, 0.25) is 0 Å².